The van der Waals surface area contributed by atoms with Gasteiger partial charge in [0, 0.05) is 19.4 Å². The number of carbonyl (C=O) groups excluding carboxylic acids is 1. The van der Waals surface area contributed by atoms with Crippen LogP contribution in [0.4, 0.5) is 0 Å². The van der Waals surface area contributed by atoms with Crippen LogP contribution in [0.25, 0.3) is 0 Å². The van der Waals surface area contributed by atoms with Gasteiger partial charge in [0.25, 0.3) is 0 Å². The van der Waals surface area contributed by atoms with E-state index < -0.39 is 0 Å². The second-order valence-corrected chi connectivity index (χ2v) is 6.61. The molecule has 2 aliphatic rings. The number of hydrogen-bond donors (Lipinski definition) is 0. The molecule has 6 nitrogen and oxygen atoms in total. The molecule has 0 bridgehead atoms. The van der Waals surface area contributed by atoms with E-state index in [4.69, 9.17) is 9.15 Å². The number of aryl methyl sites for hydroxylation is 2. The highest BCUT2D eigenvalue weighted by molar-refractivity contribution is 5.83. The van der Waals surface area contributed by atoms with Crippen LogP contribution in [-0.2, 0) is 9.53 Å². The Morgan fingerprint density at radius 3 is 2.83 bits per heavy atom. The fraction of sp³-hybridized carbons (Fsp3) is 0.500. The van der Waals surface area contributed by atoms with Crippen LogP contribution in [0.15, 0.2) is 28.7 Å². The fourth-order valence-electron chi connectivity index (χ4n) is 3.49. The van der Waals surface area contributed by atoms with Crippen LogP contribution in [-0.4, -0.2) is 40.7 Å². The minimum Gasteiger partial charge on any atom is -0.423 e. The van der Waals surface area contributed by atoms with Crippen LogP contribution in [0.2, 0.25) is 0 Å². The Kier molecular flexibility index (Phi) is 3.84. The quantitative estimate of drug-likeness (QED) is 0.866. The Morgan fingerprint density at radius 1 is 1.25 bits per heavy atom. The maximum absolute atomic E-state index is 12.8. The van der Waals surface area contributed by atoms with Crippen LogP contribution in [0.3, 0.4) is 0 Å². The first kappa shape index (κ1) is 15.3. The molecule has 0 unspecified atom stereocenters. The number of hydrogen-bond acceptors (Lipinski definition) is 5. The van der Waals surface area contributed by atoms with E-state index in [0.717, 1.165) is 6.42 Å². The molecule has 2 fully saturated rings. The van der Waals surface area contributed by atoms with E-state index in [0.29, 0.717) is 37.4 Å². The lowest BCUT2D eigenvalue weighted by Gasteiger charge is -2.31. The summed E-state index contributed by atoms with van der Waals surface area (Å²) in [5.74, 6) is 1.63. The SMILES string of the molecule is Cc1nnc([C@@H]2CN(C(=O)[C@H]3C[C@H]3c3ccccc3C)CCO2)o1. The molecular weight excluding hydrogens is 306 g/mol. The van der Waals surface area contributed by atoms with Crippen molar-refractivity contribution in [1.29, 1.82) is 0 Å². The summed E-state index contributed by atoms with van der Waals surface area (Å²) in [7, 11) is 0. The van der Waals surface area contributed by atoms with Gasteiger partial charge >= 0.3 is 0 Å². The Balaban J connectivity index is 1.43. The molecule has 1 amide bonds. The third kappa shape index (κ3) is 2.82. The second kappa shape index (κ2) is 6.02. The van der Waals surface area contributed by atoms with Gasteiger partial charge in [-0.2, -0.15) is 0 Å². The molecule has 0 spiro atoms. The van der Waals surface area contributed by atoms with Crippen LogP contribution in [0.1, 0.15) is 41.4 Å². The van der Waals surface area contributed by atoms with Gasteiger partial charge in [-0.25, -0.2) is 0 Å². The van der Waals surface area contributed by atoms with Gasteiger partial charge in [-0.05, 0) is 30.4 Å². The van der Waals surface area contributed by atoms with Gasteiger partial charge in [0.2, 0.25) is 17.7 Å². The number of aromatic nitrogens is 2. The predicted octanol–water partition coefficient (Wildman–Crippen LogP) is 2.39. The Bertz CT molecular complexity index is 757. The number of benzene rings is 1. The summed E-state index contributed by atoms with van der Waals surface area (Å²) >= 11 is 0. The predicted molar refractivity (Wildman–Crippen MR) is 86.3 cm³/mol. The normalized spacial score (nSPS) is 26.4. The monoisotopic (exact) mass is 327 g/mol. The van der Waals surface area contributed by atoms with Gasteiger partial charge < -0.3 is 14.1 Å². The van der Waals surface area contributed by atoms with E-state index in [1.807, 2.05) is 17.0 Å². The molecule has 1 aromatic heterocycles. The largest absolute Gasteiger partial charge is 0.423 e. The topological polar surface area (TPSA) is 68.5 Å². The van der Waals surface area contributed by atoms with Crippen molar-refractivity contribution in [3.05, 3.63) is 47.2 Å². The van der Waals surface area contributed by atoms with E-state index >= 15 is 0 Å². The average molecular weight is 327 g/mol. The van der Waals surface area contributed by atoms with Gasteiger partial charge in [0.05, 0.1) is 13.2 Å². The number of rotatable bonds is 3. The van der Waals surface area contributed by atoms with Crippen molar-refractivity contribution in [3.8, 4) is 0 Å². The zero-order valence-electron chi connectivity index (χ0n) is 13.9. The van der Waals surface area contributed by atoms with Crippen molar-refractivity contribution in [2.45, 2.75) is 32.3 Å². The van der Waals surface area contributed by atoms with E-state index in [9.17, 15) is 4.79 Å². The summed E-state index contributed by atoms with van der Waals surface area (Å²) in [6.45, 7) is 5.47. The minimum atomic E-state index is -0.320. The summed E-state index contributed by atoms with van der Waals surface area (Å²) < 4.78 is 11.1. The number of carbonyl (C=O) groups is 1. The van der Waals surface area contributed by atoms with Crippen molar-refractivity contribution < 1.29 is 13.9 Å². The van der Waals surface area contributed by atoms with Crippen molar-refractivity contribution in [2.24, 2.45) is 5.92 Å². The highest BCUT2D eigenvalue weighted by atomic mass is 16.5. The molecule has 126 valence electrons. The molecule has 3 atom stereocenters. The van der Waals surface area contributed by atoms with Gasteiger partial charge in [0.15, 0.2) is 6.10 Å². The number of morpholine rings is 1. The summed E-state index contributed by atoms with van der Waals surface area (Å²) in [6, 6.07) is 8.33. The summed E-state index contributed by atoms with van der Waals surface area (Å²) in [6.07, 6.45) is 0.616. The molecule has 4 rings (SSSR count). The first-order chi connectivity index (χ1) is 11.6. The molecular formula is C18H21N3O3. The lowest BCUT2D eigenvalue weighted by molar-refractivity contribution is -0.141. The number of amides is 1. The van der Waals surface area contributed by atoms with Gasteiger partial charge in [0.1, 0.15) is 0 Å². The van der Waals surface area contributed by atoms with E-state index in [1.165, 1.54) is 11.1 Å². The number of ether oxygens (including phenoxy) is 1. The van der Waals surface area contributed by atoms with Gasteiger partial charge in [-0.15, -0.1) is 10.2 Å². The molecule has 1 aliphatic carbocycles. The first-order valence-corrected chi connectivity index (χ1v) is 8.39. The third-order valence-electron chi connectivity index (χ3n) is 4.89. The summed E-state index contributed by atoms with van der Waals surface area (Å²) in [5.41, 5.74) is 2.56. The minimum absolute atomic E-state index is 0.0919. The van der Waals surface area contributed by atoms with E-state index in [-0.39, 0.29) is 17.9 Å². The molecule has 1 aliphatic heterocycles. The molecule has 6 heteroatoms. The Hall–Kier alpha value is -2.21. The molecule has 2 aromatic rings. The van der Waals surface area contributed by atoms with Crippen LogP contribution in [0.5, 0.6) is 0 Å². The lowest BCUT2D eigenvalue weighted by atomic mass is 10.0. The molecule has 2 heterocycles. The maximum Gasteiger partial charge on any atom is 0.246 e. The van der Waals surface area contributed by atoms with Crippen LogP contribution in [0, 0.1) is 19.8 Å². The van der Waals surface area contributed by atoms with Crippen molar-refractivity contribution in [1.82, 2.24) is 15.1 Å². The van der Waals surface area contributed by atoms with Crippen molar-refractivity contribution in [2.75, 3.05) is 19.7 Å². The standard InChI is InChI=1S/C18H21N3O3/c1-11-5-3-4-6-13(11)14-9-15(14)18(22)21-7-8-23-16(10-21)17-20-19-12(2)24-17/h3-6,14-16H,7-10H2,1-2H3/t14-,15-,16-/m0/s1. The zero-order chi connectivity index (χ0) is 16.7. The van der Waals surface area contributed by atoms with Gasteiger partial charge in [-0.1, -0.05) is 24.3 Å². The van der Waals surface area contributed by atoms with E-state index in [2.05, 4.69) is 29.3 Å². The van der Waals surface area contributed by atoms with Crippen molar-refractivity contribution in [3.63, 3.8) is 0 Å². The summed E-state index contributed by atoms with van der Waals surface area (Å²) in [5, 5.41) is 7.86. The number of nitrogens with zero attached hydrogens (tertiary/aromatic N) is 3. The average Bonchev–Trinajstić information content (AvgIpc) is 3.27. The highest BCUT2D eigenvalue weighted by Crippen LogP contribution is 2.49. The van der Waals surface area contributed by atoms with E-state index in [1.54, 1.807) is 6.92 Å². The molecule has 24 heavy (non-hydrogen) atoms. The summed E-state index contributed by atoms with van der Waals surface area (Å²) in [4.78, 5) is 14.7. The first-order valence-electron chi connectivity index (χ1n) is 8.39. The Labute approximate surface area is 140 Å². The lowest BCUT2D eigenvalue weighted by Crippen LogP contribution is -2.43. The molecule has 0 radical (unpaired) electrons. The smallest absolute Gasteiger partial charge is 0.246 e. The zero-order valence-corrected chi connectivity index (χ0v) is 13.9. The Morgan fingerprint density at radius 2 is 2.08 bits per heavy atom. The molecule has 1 saturated carbocycles. The molecule has 0 N–H and O–H groups in total. The van der Waals surface area contributed by atoms with Gasteiger partial charge in [-0.3, -0.25) is 4.79 Å². The molecule has 1 saturated heterocycles. The fourth-order valence-corrected chi connectivity index (χ4v) is 3.49. The highest BCUT2D eigenvalue weighted by Gasteiger charge is 2.47. The van der Waals surface area contributed by atoms with Crippen molar-refractivity contribution >= 4 is 5.91 Å². The maximum atomic E-state index is 12.8. The van der Waals surface area contributed by atoms with Crippen LogP contribution < -0.4 is 0 Å². The third-order valence-corrected chi connectivity index (χ3v) is 4.89. The van der Waals surface area contributed by atoms with Crippen LogP contribution >= 0.6 is 0 Å². The molecule has 1 aromatic carbocycles. The second-order valence-electron chi connectivity index (χ2n) is 6.61.